The number of carbonyl (C=O) groups excluding carboxylic acids is 1. The molecular weight excluding hydrogens is 324 g/mol. The summed E-state index contributed by atoms with van der Waals surface area (Å²) in [6.45, 7) is 1.36. The Bertz CT molecular complexity index is 741. The number of anilines is 1. The zero-order valence-corrected chi connectivity index (χ0v) is 15.1. The van der Waals surface area contributed by atoms with Crippen molar-refractivity contribution in [3.8, 4) is 5.75 Å². The predicted octanol–water partition coefficient (Wildman–Crippen LogP) is 4.56. The van der Waals surface area contributed by atoms with Gasteiger partial charge in [-0.1, -0.05) is 43.5 Å². The second-order valence-electron chi connectivity index (χ2n) is 7.37. The molecule has 1 aliphatic heterocycles. The van der Waals surface area contributed by atoms with Crippen molar-refractivity contribution in [1.82, 2.24) is 4.98 Å². The van der Waals surface area contributed by atoms with Gasteiger partial charge in [0, 0.05) is 18.3 Å². The van der Waals surface area contributed by atoms with E-state index < -0.39 is 0 Å². The van der Waals surface area contributed by atoms with Crippen LogP contribution < -0.4 is 9.64 Å². The van der Waals surface area contributed by atoms with Gasteiger partial charge in [0.05, 0.1) is 12.5 Å². The Balaban J connectivity index is 1.62. The maximum atomic E-state index is 13.6. The van der Waals surface area contributed by atoms with Crippen LogP contribution in [0, 0.1) is 5.92 Å². The minimum absolute atomic E-state index is 0.148. The van der Waals surface area contributed by atoms with Crippen LogP contribution in [-0.4, -0.2) is 24.0 Å². The van der Waals surface area contributed by atoms with Crippen LogP contribution in [0.4, 0.5) is 5.82 Å². The van der Waals surface area contributed by atoms with Crippen LogP contribution in [-0.2, 0) is 4.79 Å². The molecule has 4 nitrogen and oxygen atoms in total. The van der Waals surface area contributed by atoms with Crippen molar-refractivity contribution >= 4 is 11.7 Å². The van der Waals surface area contributed by atoms with E-state index in [-0.39, 0.29) is 11.8 Å². The molecule has 0 saturated heterocycles. The van der Waals surface area contributed by atoms with Gasteiger partial charge in [0.15, 0.2) is 0 Å². The first-order valence-electron chi connectivity index (χ1n) is 9.77. The number of hydrogen-bond acceptors (Lipinski definition) is 3. The van der Waals surface area contributed by atoms with Crippen LogP contribution >= 0.6 is 0 Å². The van der Waals surface area contributed by atoms with Gasteiger partial charge in [-0.3, -0.25) is 9.69 Å². The van der Waals surface area contributed by atoms with Crippen LogP contribution in [0.15, 0.2) is 48.7 Å². The van der Waals surface area contributed by atoms with Gasteiger partial charge in [-0.05, 0) is 43.4 Å². The molecule has 26 heavy (non-hydrogen) atoms. The second-order valence-corrected chi connectivity index (χ2v) is 7.37. The Morgan fingerprint density at radius 3 is 2.65 bits per heavy atom. The molecule has 0 spiro atoms. The number of benzene rings is 1. The fraction of sp³-hybridized carbons (Fsp3) is 0.455. The maximum absolute atomic E-state index is 13.6. The monoisotopic (exact) mass is 350 g/mol. The third-order valence-electron chi connectivity index (χ3n) is 5.61. The minimum atomic E-state index is -0.148. The van der Waals surface area contributed by atoms with Crippen molar-refractivity contribution in [3.63, 3.8) is 0 Å². The molecule has 2 aliphatic rings. The van der Waals surface area contributed by atoms with Crippen molar-refractivity contribution < 1.29 is 9.53 Å². The standard InChI is InChI=1S/C22H26N2O2/c25-22(19-13-15-26-20-11-5-4-10-18(19)20)24(21-12-6-7-14-23-21)16-17-8-2-1-3-9-17/h4-7,10-12,14,17,19H,1-3,8-9,13,15-16H2. The number of ether oxygens (including phenoxy) is 1. The van der Waals surface area contributed by atoms with Gasteiger partial charge in [-0.2, -0.15) is 0 Å². The lowest BCUT2D eigenvalue weighted by atomic mass is 9.87. The van der Waals surface area contributed by atoms with E-state index in [1.807, 2.05) is 47.4 Å². The third kappa shape index (κ3) is 3.59. The summed E-state index contributed by atoms with van der Waals surface area (Å²) in [6, 6.07) is 13.7. The number of para-hydroxylation sites is 1. The summed E-state index contributed by atoms with van der Waals surface area (Å²) in [5.41, 5.74) is 1.01. The average Bonchev–Trinajstić information content (AvgIpc) is 2.72. The van der Waals surface area contributed by atoms with E-state index in [2.05, 4.69) is 4.98 Å². The molecular formula is C22H26N2O2. The molecule has 0 N–H and O–H groups in total. The highest BCUT2D eigenvalue weighted by atomic mass is 16.5. The van der Waals surface area contributed by atoms with E-state index in [0.717, 1.165) is 30.1 Å². The molecule has 4 rings (SSSR count). The topological polar surface area (TPSA) is 42.4 Å². The first kappa shape index (κ1) is 17.1. The molecule has 1 aliphatic carbocycles. The Kier molecular flexibility index (Phi) is 5.19. The Morgan fingerprint density at radius 2 is 1.85 bits per heavy atom. The summed E-state index contributed by atoms with van der Waals surface area (Å²) >= 11 is 0. The van der Waals surface area contributed by atoms with Gasteiger partial charge < -0.3 is 4.74 Å². The maximum Gasteiger partial charge on any atom is 0.235 e. The summed E-state index contributed by atoms with van der Waals surface area (Å²) in [6.07, 6.45) is 8.78. The van der Waals surface area contributed by atoms with E-state index >= 15 is 0 Å². The van der Waals surface area contributed by atoms with Crippen molar-refractivity contribution in [2.75, 3.05) is 18.1 Å². The lowest BCUT2D eigenvalue weighted by molar-refractivity contribution is -0.120. The van der Waals surface area contributed by atoms with E-state index in [1.54, 1.807) is 6.20 Å². The first-order valence-corrected chi connectivity index (χ1v) is 9.77. The lowest BCUT2D eigenvalue weighted by Gasteiger charge is -2.33. The van der Waals surface area contributed by atoms with Crippen molar-refractivity contribution in [2.45, 2.75) is 44.4 Å². The smallest absolute Gasteiger partial charge is 0.235 e. The van der Waals surface area contributed by atoms with Crippen molar-refractivity contribution in [2.24, 2.45) is 5.92 Å². The minimum Gasteiger partial charge on any atom is -0.493 e. The molecule has 0 radical (unpaired) electrons. The Morgan fingerprint density at radius 1 is 1.04 bits per heavy atom. The first-order chi connectivity index (χ1) is 12.8. The molecule has 136 valence electrons. The highest BCUT2D eigenvalue weighted by molar-refractivity contribution is 5.98. The molecule has 4 heteroatoms. The van der Waals surface area contributed by atoms with Crippen molar-refractivity contribution in [3.05, 3.63) is 54.2 Å². The van der Waals surface area contributed by atoms with Crippen LogP contribution in [0.3, 0.4) is 0 Å². The quantitative estimate of drug-likeness (QED) is 0.812. The number of nitrogens with zero attached hydrogens (tertiary/aromatic N) is 2. The molecule has 1 aromatic carbocycles. The van der Waals surface area contributed by atoms with E-state index in [4.69, 9.17) is 4.74 Å². The summed E-state index contributed by atoms with van der Waals surface area (Å²) < 4.78 is 5.75. The summed E-state index contributed by atoms with van der Waals surface area (Å²) in [7, 11) is 0. The predicted molar refractivity (Wildman–Crippen MR) is 102 cm³/mol. The second kappa shape index (κ2) is 7.90. The number of amides is 1. The van der Waals surface area contributed by atoms with Crippen LogP contribution in [0.25, 0.3) is 0 Å². The Hall–Kier alpha value is -2.36. The Labute approximate surface area is 155 Å². The highest BCUT2D eigenvalue weighted by Gasteiger charge is 2.33. The zero-order chi connectivity index (χ0) is 17.8. The lowest BCUT2D eigenvalue weighted by Crippen LogP contribution is -2.41. The molecule has 1 atom stereocenters. The van der Waals surface area contributed by atoms with Gasteiger partial charge in [0.25, 0.3) is 0 Å². The molecule has 1 amide bonds. The fourth-order valence-electron chi connectivity index (χ4n) is 4.22. The van der Waals surface area contributed by atoms with Crippen LogP contribution in [0.2, 0.25) is 0 Å². The van der Waals surface area contributed by atoms with Gasteiger partial charge in [-0.25, -0.2) is 4.98 Å². The molecule has 1 fully saturated rings. The number of fused-ring (bicyclic) bond motifs is 1. The molecule has 1 unspecified atom stereocenters. The number of aromatic nitrogens is 1. The van der Waals surface area contributed by atoms with E-state index in [0.29, 0.717) is 12.5 Å². The van der Waals surface area contributed by atoms with Crippen LogP contribution in [0.5, 0.6) is 5.75 Å². The number of pyridine rings is 1. The van der Waals surface area contributed by atoms with Gasteiger partial charge in [0.1, 0.15) is 11.6 Å². The van der Waals surface area contributed by atoms with Gasteiger partial charge in [-0.15, -0.1) is 0 Å². The summed E-state index contributed by atoms with van der Waals surface area (Å²) in [4.78, 5) is 20.0. The number of hydrogen-bond donors (Lipinski definition) is 0. The molecule has 2 heterocycles. The largest absolute Gasteiger partial charge is 0.493 e. The normalized spacial score (nSPS) is 20.1. The van der Waals surface area contributed by atoms with E-state index in [9.17, 15) is 4.79 Å². The third-order valence-corrected chi connectivity index (χ3v) is 5.61. The number of carbonyl (C=O) groups is 1. The summed E-state index contributed by atoms with van der Waals surface area (Å²) in [5.74, 6) is 2.20. The van der Waals surface area contributed by atoms with Gasteiger partial charge in [0.2, 0.25) is 5.91 Å². The highest BCUT2D eigenvalue weighted by Crippen LogP contribution is 2.36. The summed E-state index contributed by atoms with van der Waals surface area (Å²) in [5, 5.41) is 0. The van der Waals surface area contributed by atoms with Crippen molar-refractivity contribution in [1.29, 1.82) is 0 Å². The fourth-order valence-corrected chi connectivity index (χ4v) is 4.22. The molecule has 0 bridgehead atoms. The molecule has 1 aromatic heterocycles. The van der Waals surface area contributed by atoms with E-state index in [1.165, 1.54) is 32.1 Å². The molecule has 1 saturated carbocycles. The zero-order valence-electron chi connectivity index (χ0n) is 15.1. The SMILES string of the molecule is O=C(C1CCOc2ccccc21)N(CC1CCCCC1)c1ccccn1. The van der Waals surface area contributed by atoms with Crippen LogP contribution in [0.1, 0.15) is 50.0 Å². The average molecular weight is 350 g/mol. The molecule has 2 aromatic rings. The number of rotatable bonds is 4. The van der Waals surface area contributed by atoms with Gasteiger partial charge >= 0.3 is 0 Å².